The smallest absolute Gasteiger partial charge is 0.222 e. The van der Waals surface area contributed by atoms with E-state index in [0.29, 0.717) is 26.2 Å². The normalized spacial score (nSPS) is 10.8. The predicted octanol–water partition coefficient (Wildman–Crippen LogP) is 2.32. The third kappa shape index (κ3) is 10.9. The highest BCUT2D eigenvalue weighted by atomic mass is 127. The first-order valence-corrected chi connectivity index (χ1v) is 8.52. The first-order chi connectivity index (χ1) is 11.5. The third-order valence-electron chi connectivity index (χ3n) is 3.23. The van der Waals surface area contributed by atoms with Crippen molar-refractivity contribution in [3.05, 3.63) is 29.8 Å². The minimum absolute atomic E-state index is 0. The molecule has 7 heteroatoms. The largest absolute Gasteiger partial charge is 0.492 e. The number of carbonyl (C=O) groups is 1. The summed E-state index contributed by atoms with van der Waals surface area (Å²) in [4.78, 5) is 15.9. The number of nitrogens with zero attached hydrogens (tertiary/aromatic N) is 1. The first-order valence-electron chi connectivity index (χ1n) is 8.52. The summed E-state index contributed by atoms with van der Waals surface area (Å²) in [5, 5.41) is 9.23. The van der Waals surface area contributed by atoms with Crippen LogP contribution < -0.4 is 20.7 Å². The Morgan fingerprint density at radius 1 is 1.12 bits per heavy atom. The number of hydrogen-bond acceptors (Lipinski definition) is 3. The quantitative estimate of drug-likeness (QED) is 0.228. The fourth-order valence-corrected chi connectivity index (χ4v) is 1.87. The average Bonchev–Trinajstić information content (AvgIpc) is 2.56. The van der Waals surface area contributed by atoms with E-state index in [0.717, 1.165) is 18.3 Å². The van der Waals surface area contributed by atoms with Gasteiger partial charge < -0.3 is 20.7 Å². The van der Waals surface area contributed by atoms with Crippen molar-refractivity contribution in [2.45, 2.75) is 27.7 Å². The molecule has 0 radical (unpaired) electrons. The van der Waals surface area contributed by atoms with Crippen LogP contribution in [0, 0.1) is 12.8 Å². The summed E-state index contributed by atoms with van der Waals surface area (Å²) in [5.74, 6) is 1.64. The summed E-state index contributed by atoms with van der Waals surface area (Å²) in [6.45, 7) is 10.9. The molecule has 142 valence electrons. The van der Waals surface area contributed by atoms with Crippen molar-refractivity contribution in [3.63, 3.8) is 0 Å². The highest BCUT2D eigenvalue weighted by Gasteiger charge is 2.04. The van der Waals surface area contributed by atoms with Gasteiger partial charge in [0.05, 0.1) is 13.1 Å². The Bertz CT molecular complexity index is 518. The minimum Gasteiger partial charge on any atom is -0.492 e. The van der Waals surface area contributed by atoms with E-state index in [-0.39, 0.29) is 35.8 Å². The molecule has 0 saturated carbocycles. The predicted molar refractivity (Wildman–Crippen MR) is 114 cm³/mol. The fourth-order valence-electron chi connectivity index (χ4n) is 1.87. The Morgan fingerprint density at radius 3 is 2.40 bits per heavy atom. The van der Waals surface area contributed by atoms with Gasteiger partial charge in [0, 0.05) is 19.0 Å². The van der Waals surface area contributed by atoms with Crippen LogP contribution in [-0.2, 0) is 4.79 Å². The maximum atomic E-state index is 11.5. The van der Waals surface area contributed by atoms with Gasteiger partial charge in [-0.1, -0.05) is 31.5 Å². The third-order valence-corrected chi connectivity index (χ3v) is 3.23. The van der Waals surface area contributed by atoms with Crippen LogP contribution in [0.3, 0.4) is 0 Å². The van der Waals surface area contributed by atoms with E-state index in [1.54, 1.807) is 0 Å². The van der Waals surface area contributed by atoms with E-state index >= 15 is 0 Å². The molecule has 1 rings (SSSR count). The fraction of sp³-hybridized carbons (Fsp3) is 0.556. The van der Waals surface area contributed by atoms with E-state index in [9.17, 15) is 4.79 Å². The van der Waals surface area contributed by atoms with Crippen LogP contribution in [0.2, 0.25) is 0 Å². The molecule has 3 N–H and O–H groups in total. The number of nitrogens with one attached hydrogen (secondary N) is 3. The highest BCUT2D eigenvalue weighted by molar-refractivity contribution is 14.0. The Hall–Kier alpha value is -1.51. The van der Waals surface area contributed by atoms with Gasteiger partial charge in [0.25, 0.3) is 0 Å². The number of rotatable bonds is 9. The zero-order valence-electron chi connectivity index (χ0n) is 15.6. The van der Waals surface area contributed by atoms with Crippen molar-refractivity contribution >= 4 is 35.8 Å². The maximum Gasteiger partial charge on any atom is 0.222 e. The van der Waals surface area contributed by atoms with Crippen molar-refractivity contribution in [2.24, 2.45) is 10.9 Å². The van der Waals surface area contributed by atoms with Gasteiger partial charge in [-0.25, -0.2) is 0 Å². The van der Waals surface area contributed by atoms with Crippen molar-refractivity contribution in [1.29, 1.82) is 0 Å². The van der Waals surface area contributed by atoms with Crippen LogP contribution in [-0.4, -0.2) is 44.7 Å². The molecule has 1 aromatic rings. The topological polar surface area (TPSA) is 74.8 Å². The van der Waals surface area contributed by atoms with E-state index < -0.39 is 0 Å². The molecular weight excluding hydrogens is 431 g/mol. The number of ether oxygens (including phenoxy) is 1. The van der Waals surface area contributed by atoms with Gasteiger partial charge in [0.15, 0.2) is 5.96 Å². The van der Waals surface area contributed by atoms with Gasteiger partial charge in [-0.05, 0) is 26.0 Å². The first kappa shape index (κ1) is 23.5. The lowest BCUT2D eigenvalue weighted by Gasteiger charge is -2.12. The minimum atomic E-state index is -0.000681. The van der Waals surface area contributed by atoms with Gasteiger partial charge in [-0.2, -0.15) is 0 Å². The van der Waals surface area contributed by atoms with E-state index in [4.69, 9.17) is 4.74 Å². The summed E-state index contributed by atoms with van der Waals surface area (Å²) >= 11 is 0. The van der Waals surface area contributed by atoms with Crippen LogP contribution in [0.1, 0.15) is 26.3 Å². The summed E-state index contributed by atoms with van der Waals surface area (Å²) in [5.41, 5.74) is 1.21. The Balaban J connectivity index is 0.00000576. The lowest BCUT2D eigenvalue weighted by atomic mass is 10.2. The molecule has 0 unspecified atom stereocenters. The molecule has 6 nitrogen and oxygen atoms in total. The van der Waals surface area contributed by atoms with Crippen LogP contribution in [0.5, 0.6) is 5.75 Å². The van der Waals surface area contributed by atoms with Gasteiger partial charge in [0.2, 0.25) is 5.91 Å². The van der Waals surface area contributed by atoms with Gasteiger partial charge in [0.1, 0.15) is 12.4 Å². The summed E-state index contributed by atoms with van der Waals surface area (Å²) in [6.07, 6.45) is 0. The maximum absolute atomic E-state index is 11.5. The zero-order chi connectivity index (χ0) is 17.8. The number of amides is 1. The average molecular weight is 462 g/mol. The standard InChI is InChI=1S/C18H30N4O2.HI/c1-5-19-18(21-11-10-20-17(23)14(2)3)22-12-13-24-16-8-6-15(4)7-9-16;/h6-9,14H,5,10-13H2,1-4H3,(H,20,23)(H2,19,21,22);1H. The van der Waals surface area contributed by atoms with Gasteiger partial charge in [-0.15, -0.1) is 24.0 Å². The van der Waals surface area contributed by atoms with E-state index in [2.05, 4.69) is 20.9 Å². The molecule has 0 aromatic heterocycles. The molecule has 0 aliphatic carbocycles. The monoisotopic (exact) mass is 462 g/mol. The number of aliphatic imine (C=N–C) groups is 1. The number of halogens is 1. The van der Waals surface area contributed by atoms with Crippen molar-refractivity contribution in [2.75, 3.05) is 32.8 Å². The van der Waals surface area contributed by atoms with Crippen molar-refractivity contribution in [1.82, 2.24) is 16.0 Å². The molecule has 0 aliphatic heterocycles. The summed E-state index contributed by atoms with van der Waals surface area (Å²) in [7, 11) is 0. The van der Waals surface area contributed by atoms with Crippen molar-refractivity contribution in [3.8, 4) is 5.75 Å². The number of aryl methyl sites for hydroxylation is 1. The molecule has 25 heavy (non-hydrogen) atoms. The molecule has 0 bridgehead atoms. The molecule has 0 spiro atoms. The van der Waals surface area contributed by atoms with Crippen LogP contribution in [0.15, 0.2) is 29.3 Å². The molecule has 0 saturated heterocycles. The number of carbonyl (C=O) groups excluding carboxylic acids is 1. The molecule has 1 aromatic carbocycles. The van der Waals surface area contributed by atoms with Crippen LogP contribution >= 0.6 is 24.0 Å². The second-order valence-electron chi connectivity index (χ2n) is 5.79. The van der Waals surface area contributed by atoms with E-state index in [1.165, 1.54) is 5.56 Å². The molecule has 0 fully saturated rings. The Morgan fingerprint density at radius 2 is 1.80 bits per heavy atom. The Kier molecular flexibility index (Phi) is 12.9. The second kappa shape index (κ2) is 13.7. The number of hydrogen-bond donors (Lipinski definition) is 3. The SMILES string of the molecule is CCNC(=NCCNC(=O)C(C)C)NCCOc1ccc(C)cc1.I. The molecular formula is C18H31IN4O2. The number of guanidine groups is 1. The summed E-state index contributed by atoms with van der Waals surface area (Å²) < 4.78 is 5.67. The number of benzene rings is 1. The lowest BCUT2D eigenvalue weighted by molar-refractivity contribution is -0.123. The molecule has 0 heterocycles. The lowest BCUT2D eigenvalue weighted by Crippen LogP contribution is -2.40. The zero-order valence-corrected chi connectivity index (χ0v) is 17.9. The molecule has 0 aliphatic rings. The van der Waals surface area contributed by atoms with Crippen LogP contribution in [0.25, 0.3) is 0 Å². The highest BCUT2D eigenvalue weighted by Crippen LogP contribution is 2.10. The molecule has 0 atom stereocenters. The summed E-state index contributed by atoms with van der Waals surface area (Å²) in [6, 6.07) is 7.98. The molecule has 1 amide bonds. The Labute approximate surface area is 168 Å². The van der Waals surface area contributed by atoms with E-state index in [1.807, 2.05) is 52.0 Å². The van der Waals surface area contributed by atoms with Crippen molar-refractivity contribution < 1.29 is 9.53 Å². The van der Waals surface area contributed by atoms with Gasteiger partial charge >= 0.3 is 0 Å². The van der Waals surface area contributed by atoms with Crippen LogP contribution in [0.4, 0.5) is 0 Å². The second-order valence-corrected chi connectivity index (χ2v) is 5.79. The van der Waals surface area contributed by atoms with Gasteiger partial charge in [-0.3, -0.25) is 9.79 Å².